The Morgan fingerprint density at radius 2 is 2.00 bits per heavy atom. The lowest BCUT2D eigenvalue weighted by Crippen LogP contribution is -2.14. The molecule has 1 amide bonds. The van der Waals surface area contributed by atoms with Crippen LogP contribution in [0.25, 0.3) is 0 Å². The molecule has 1 rings (SSSR count). The Bertz CT molecular complexity index is 440. The molecule has 0 aliphatic heterocycles. The Kier molecular flexibility index (Phi) is 6.96. The molecule has 1 N–H and O–H groups in total. The van der Waals surface area contributed by atoms with Crippen LogP contribution in [0.2, 0.25) is 10.0 Å². The fourth-order valence-corrected chi connectivity index (χ4v) is 2.52. The van der Waals surface area contributed by atoms with E-state index < -0.39 is 0 Å². The molecule has 6 heteroatoms. The van der Waals surface area contributed by atoms with Gasteiger partial charge in [-0.2, -0.15) is 17.0 Å². The second-order valence-corrected chi connectivity index (χ2v) is 5.50. The number of nitrogens with one attached hydrogen (secondary N) is 1. The second-order valence-electron chi connectivity index (χ2n) is 3.52. The highest BCUT2D eigenvalue weighted by Gasteiger charge is 2.04. The number of hydrogen-bond acceptors (Lipinski definition) is 3. The molecule has 96 valence electrons. The van der Waals surface area contributed by atoms with Gasteiger partial charge in [0.05, 0.1) is 11.8 Å². The minimum absolute atomic E-state index is 0.102. The van der Waals surface area contributed by atoms with Gasteiger partial charge in [0, 0.05) is 22.2 Å². The molecule has 0 heterocycles. The van der Waals surface area contributed by atoms with Crippen molar-refractivity contribution in [2.75, 3.05) is 16.8 Å². The summed E-state index contributed by atoms with van der Waals surface area (Å²) >= 11 is 13.1. The highest BCUT2D eigenvalue weighted by atomic mass is 35.5. The number of carbonyl (C=O) groups excluding carboxylic acids is 1. The van der Waals surface area contributed by atoms with Crippen LogP contribution >= 0.6 is 35.0 Å². The van der Waals surface area contributed by atoms with E-state index in [2.05, 4.69) is 11.4 Å². The molecule has 0 bridgehead atoms. The van der Waals surface area contributed by atoms with E-state index in [-0.39, 0.29) is 5.91 Å². The number of nitrogens with zero attached hydrogens (tertiary/aromatic N) is 1. The number of carbonyl (C=O) groups is 1. The van der Waals surface area contributed by atoms with E-state index in [4.69, 9.17) is 28.5 Å². The maximum absolute atomic E-state index is 11.6. The molecule has 0 saturated heterocycles. The van der Waals surface area contributed by atoms with Crippen molar-refractivity contribution in [3.63, 3.8) is 0 Å². The predicted octanol–water partition coefficient (Wildman–Crippen LogP) is 3.97. The Morgan fingerprint density at radius 1 is 1.33 bits per heavy atom. The minimum Gasteiger partial charge on any atom is -0.325 e. The third-order valence-electron chi connectivity index (χ3n) is 1.96. The summed E-state index contributed by atoms with van der Waals surface area (Å²) in [4.78, 5) is 11.6. The zero-order chi connectivity index (χ0) is 13.4. The molecular formula is C12H12Cl2N2OS. The molecule has 3 nitrogen and oxygen atoms in total. The molecule has 0 spiro atoms. The van der Waals surface area contributed by atoms with Gasteiger partial charge in [-0.1, -0.05) is 23.2 Å². The van der Waals surface area contributed by atoms with Gasteiger partial charge in [-0.25, -0.2) is 0 Å². The third kappa shape index (κ3) is 6.15. The first kappa shape index (κ1) is 15.2. The smallest absolute Gasteiger partial charge is 0.234 e. The largest absolute Gasteiger partial charge is 0.325 e. The van der Waals surface area contributed by atoms with Crippen LogP contribution in [0.1, 0.15) is 12.8 Å². The molecule has 0 fully saturated rings. The molecule has 1 aromatic rings. The van der Waals surface area contributed by atoms with E-state index >= 15 is 0 Å². The van der Waals surface area contributed by atoms with Crippen molar-refractivity contribution in [2.24, 2.45) is 0 Å². The number of hydrogen-bond donors (Lipinski definition) is 1. The van der Waals surface area contributed by atoms with Crippen LogP contribution < -0.4 is 5.32 Å². The minimum atomic E-state index is -0.102. The van der Waals surface area contributed by atoms with Crippen LogP contribution in [0, 0.1) is 11.3 Å². The van der Waals surface area contributed by atoms with E-state index in [0.717, 1.165) is 12.2 Å². The van der Waals surface area contributed by atoms with Gasteiger partial charge in [-0.15, -0.1) is 0 Å². The summed E-state index contributed by atoms with van der Waals surface area (Å²) in [5, 5.41) is 12.1. The molecule has 0 atom stereocenters. The lowest BCUT2D eigenvalue weighted by molar-refractivity contribution is -0.113. The molecule has 0 aromatic heterocycles. The number of rotatable bonds is 6. The summed E-state index contributed by atoms with van der Waals surface area (Å²) in [6.45, 7) is 0. The fraction of sp³-hybridized carbons (Fsp3) is 0.333. The first-order chi connectivity index (χ1) is 8.61. The van der Waals surface area contributed by atoms with Gasteiger partial charge in [0.2, 0.25) is 5.91 Å². The summed E-state index contributed by atoms with van der Waals surface area (Å²) in [6, 6.07) is 6.96. The van der Waals surface area contributed by atoms with Gasteiger partial charge >= 0.3 is 0 Å². The van der Waals surface area contributed by atoms with E-state index in [1.165, 1.54) is 11.8 Å². The van der Waals surface area contributed by atoms with Crippen LogP contribution in [0.4, 0.5) is 5.69 Å². The number of nitriles is 1. The molecule has 18 heavy (non-hydrogen) atoms. The Labute approximate surface area is 120 Å². The van der Waals surface area contributed by atoms with Crippen LogP contribution in [-0.4, -0.2) is 17.4 Å². The Hall–Kier alpha value is -0.890. The van der Waals surface area contributed by atoms with Gasteiger partial charge in [-0.05, 0) is 30.4 Å². The van der Waals surface area contributed by atoms with E-state index in [9.17, 15) is 4.79 Å². The van der Waals surface area contributed by atoms with Crippen molar-refractivity contribution in [3.05, 3.63) is 28.2 Å². The molecular weight excluding hydrogens is 291 g/mol. The summed E-state index contributed by atoms with van der Waals surface area (Å²) in [6.07, 6.45) is 1.33. The average Bonchev–Trinajstić information content (AvgIpc) is 2.27. The molecule has 0 aliphatic carbocycles. The number of unbranched alkanes of at least 4 members (excludes halogenated alkanes) is 1. The van der Waals surface area contributed by atoms with Gasteiger partial charge in [0.1, 0.15) is 0 Å². The molecule has 1 aromatic carbocycles. The monoisotopic (exact) mass is 302 g/mol. The van der Waals surface area contributed by atoms with Gasteiger partial charge in [0.25, 0.3) is 0 Å². The standard InChI is InChI=1S/C12H12Cl2N2OS/c13-9-5-10(14)7-11(6-9)16-12(17)8-18-4-2-1-3-15/h5-7H,1-2,4,8H2,(H,16,17). The SMILES string of the molecule is N#CCCCSCC(=O)Nc1cc(Cl)cc(Cl)c1. The van der Waals surface area contributed by atoms with Crippen molar-refractivity contribution in [1.29, 1.82) is 5.26 Å². The van der Waals surface area contributed by atoms with Crippen molar-refractivity contribution in [3.8, 4) is 6.07 Å². The summed E-state index contributed by atoms with van der Waals surface area (Å²) in [5.41, 5.74) is 0.593. The highest BCUT2D eigenvalue weighted by molar-refractivity contribution is 7.99. The molecule has 0 aliphatic rings. The summed E-state index contributed by atoms with van der Waals surface area (Å²) in [7, 11) is 0. The topological polar surface area (TPSA) is 52.9 Å². The second kappa shape index (κ2) is 8.25. The first-order valence-corrected chi connectivity index (χ1v) is 7.23. The number of halogens is 2. The van der Waals surface area contributed by atoms with Gasteiger partial charge in [-0.3, -0.25) is 4.79 Å². The van der Waals surface area contributed by atoms with E-state index in [0.29, 0.717) is 27.9 Å². The normalized spacial score (nSPS) is 9.83. The van der Waals surface area contributed by atoms with Crippen molar-refractivity contribution >= 4 is 46.6 Å². The summed E-state index contributed by atoms with van der Waals surface area (Å²) in [5.74, 6) is 1.06. The van der Waals surface area contributed by atoms with Crippen LogP contribution in [0.3, 0.4) is 0 Å². The Balaban J connectivity index is 2.33. The lowest BCUT2D eigenvalue weighted by Gasteiger charge is -2.06. The van der Waals surface area contributed by atoms with E-state index in [1.807, 2.05) is 0 Å². The first-order valence-electron chi connectivity index (χ1n) is 5.32. The number of anilines is 1. The third-order valence-corrected chi connectivity index (χ3v) is 3.44. The van der Waals surface area contributed by atoms with Crippen LogP contribution in [0.5, 0.6) is 0 Å². The lowest BCUT2D eigenvalue weighted by atomic mass is 10.3. The zero-order valence-corrected chi connectivity index (χ0v) is 11.9. The van der Waals surface area contributed by atoms with E-state index in [1.54, 1.807) is 18.2 Å². The number of benzene rings is 1. The number of amides is 1. The van der Waals surface area contributed by atoms with Crippen molar-refractivity contribution < 1.29 is 4.79 Å². The zero-order valence-electron chi connectivity index (χ0n) is 9.58. The molecule has 0 saturated carbocycles. The average molecular weight is 303 g/mol. The summed E-state index contributed by atoms with van der Waals surface area (Å²) < 4.78 is 0. The maximum atomic E-state index is 11.6. The quantitative estimate of drug-likeness (QED) is 0.809. The van der Waals surface area contributed by atoms with Crippen molar-refractivity contribution in [1.82, 2.24) is 0 Å². The molecule has 0 unspecified atom stereocenters. The van der Waals surface area contributed by atoms with Crippen LogP contribution in [-0.2, 0) is 4.79 Å². The maximum Gasteiger partial charge on any atom is 0.234 e. The Morgan fingerprint density at radius 3 is 2.61 bits per heavy atom. The van der Waals surface area contributed by atoms with Crippen LogP contribution in [0.15, 0.2) is 18.2 Å². The number of thioether (sulfide) groups is 1. The predicted molar refractivity (Wildman–Crippen MR) is 77.3 cm³/mol. The molecule has 0 radical (unpaired) electrons. The highest BCUT2D eigenvalue weighted by Crippen LogP contribution is 2.22. The van der Waals surface area contributed by atoms with Gasteiger partial charge < -0.3 is 5.32 Å². The fourth-order valence-electron chi connectivity index (χ4n) is 1.24. The van der Waals surface area contributed by atoms with Gasteiger partial charge in [0.15, 0.2) is 0 Å². The van der Waals surface area contributed by atoms with Crippen molar-refractivity contribution in [2.45, 2.75) is 12.8 Å².